The van der Waals surface area contributed by atoms with E-state index in [9.17, 15) is 0 Å². The molecule has 0 rings (SSSR count). The molecule has 0 unspecified atom stereocenters. The normalized spacial score (nSPS) is 7.55. The van der Waals surface area contributed by atoms with E-state index in [1.54, 1.807) is 0 Å². The first-order valence-electron chi connectivity index (χ1n) is 1.63. The Hall–Kier alpha value is 1.13. The van der Waals surface area contributed by atoms with Crippen LogP contribution in [0.2, 0.25) is 0 Å². The van der Waals surface area contributed by atoms with Gasteiger partial charge in [-0.1, -0.05) is 0 Å². The molecule has 0 aromatic carbocycles. The Morgan fingerprint density at radius 1 is 1.36 bits per heavy atom. The molecule has 9 heteroatoms. The van der Waals surface area contributed by atoms with Crippen molar-refractivity contribution in [3.05, 3.63) is 0 Å². The minimum atomic E-state index is -4.67. The molecule has 0 saturated carbocycles. The average Bonchev–Trinajstić information content (AvgIpc) is 1.19. The Morgan fingerprint density at radius 2 is 1.36 bits per heavy atom. The van der Waals surface area contributed by atoms with Gasteiger partial charge in [-0.3, -0.25) is 13.9 Å². The van der Waals surface area contributed by atoms with E-state index in [-0.39, 0.29) is 58.0 Å². The summed E-state index contributed by atoms with van der Waals surface area (Å²) in [6.45, 7) is 1.08. The SMILES string of the molecule is CC(=O)O.O=S(=O)(O)O.[AlH3].[Ca+2].[H-].[H-]. The summed E-state index contributed by atoms with van der Waals surface area (Å²) in [5.74, 6) is -0.833. The van der Waals surface area contributed by atoms with Crippen LogP contribution >= 0.6 is 0 Å². The Balaban J connectivity index is -0.0000000146. The maximum atomic E-state index is 9.00. The van der Waals surface area contributed by atoms with Gasteiger partial charge in [0, 0.05) is 6.92 Å². The summed E-state index contributed by atoms with van der Waals surface area (Å²) < 4.78 is 31.6. The second-order valence-corrected chi connectivity index (χ2v) is 1.86. The zero-order valence-electron chi connectivity index (χ0n) is 7.18. The molecule has 0 aliphatic carbocycles. The van der Waals surface area contributed by atoms with Gasteiger partial charge in [0.05, 0.1) is 0 Å². The molecule has 0 heterocycles. The van der Waals surface area contributed by atoms with Crippen molar-refractivity contribution in [2.45, 2.75) is 6.92 Å². The molecule has 0 saturated heterocycles. The average molecular weight is 230 g/mol. The third kappa shape index (κ3) is 724. The number of carboxylic acids is 1. The minimum Gasteiger partial charge on any atom is -1.00 e. The smallest absolute Gasteiger partial charge is 1.00 e. The number of hydrogen-bond donors (Lipinski definition) is 3. The molecule has 0 atom stereocenters. The van der Waals surface area contributed by atoms with Gasteiger partial charge in [0.15, 0.2) is 17.4 Å². The van der Waals surface area contributed by atoms with Gasteiger partial charge < -0.3 is 7.96 Å². The van der Waals surface area contributed by atoms with E-state index in [0.717, 1.165) is 6.92 Å². The maximum Gasteiger partial charge on any atom is 2.00 e. The fourth-order valence-corrected chi connectivity index (χ4v) is 0. The topological polar surface area (TPSA) is 112 Å². The van der Waals surface area contributed by atoms with Crippen molar-refractivity contribution in [1.29, 1.82) is 0 Å². The van der Waals surface area contributed by atoms with Gasteiger partial charge in [-0.2, -0.15) is 8.42 Å². The van der Waals surface area contributed by atoms with E-state index in [4.69, 9.17) is 27.4 Å². The fourth-order valence-electron chi connectivity index (χ4n) is 0. The fraction of sp³-hybridized carbons (Fsp3) is 0.500. The molecule has 6 nitrogen and oxygen atoms in total. The van der Waals surface area contributed by atoms with Gasteiger partial charge in [0.1, 0.15) is 0 Å². The number of hydrogen-bond acceptors (Lipinski definition) is 3. The van der Waals surface area contributed by atoms with Crippen LogP contribution in [0.3, 0.4) is 0 Å². The molecular weight excluding hydrogens is 219 g/mol. The van der Waals surface area contributed by atoms with Crippen molar-refractivity contribution >= 4 is 71.5 Å². The molecule has 0 amide bonds. The van der Waals surface area contributed by atoms with E-state index < -0.39 is 16.4 Å². The summed E-state index contributed by atoms with van der Waals surface area (Å²) in [5, 5.41) is 7.42. The second-order valence-electron chi connectivity index (χ2n) is 0.967. The minimum absolute atomic E-state index is 0. The Kier molecular flexibility index (Phi) is 23.0. The van der Waals surface area contributed by atoms with Gasteiger partial charge in [0.2, 0.25) is 0 Å². The molecule has 66 valence electrons. The molecule has 0 spiro atoms. The molecule has 0 aromatic heterocycles. The largest absolute Gasteiger partial charge is 2.00 e. The third-order valence-corrected chi connectivity index (χ3v) is 0. The quantitative estimate of drug-likeness (QED) is 0.331. The van der Waals surface area contributed by atoms with Crippen LogP contribution in [0.15, 0.2) is 0 Å². The molecule has 0 fully saturated rings. The number of carbonyl (C=O) groups is 1. The first-order chi connectivity index (χ1) is 3.73. The van der Waals surface area contributed by atoms with Crippen molar-refractivity contribution in [2.24, 2.45) is 0 Å². The van der Waals surface area contributed by atoms with Crippen molar-refractivity contribution in [3.63, 3.8) is 0 Å². The zero-order chi connectivity index (χ0) is 8.08. The molecule has 0 radical (unpaired) electrons. The summed E-state index contributed by atoms with van der Waals surface area (Å²) in [6.07, 6.45) is 0. The predicted molar refractivity (Wildman–Crippen MR) is 45.4 cm³/mol. The summed E-state index contributed by atoms with van der Waals surface area (Å²) in [7, 11) is -4.67. The predicted octanol–water partition coefficient (Wildman–Crippen LogP) is -1.90. The van der Waals surface area contributed by atoms with Crippen LogP contribution in [0.4, 0.5) is 0 Å². The third-order valence-electron chi connectivity index (χ3n) is 0. The maximum absolute atomic E-state index is 9.00. The van der Waals surface area contributed by atoms with E-state index in [1.165, 1.54) is 0 Å². The van der Waals surface area contributed by atoms with Crippen molar-refractivity contribution in [3.8, 4) is 0 Å². The number of rotatable bonds is 0. The second kappa shape index (κ2) is 11.1. The summed E-state index contributed by atoms with van der Waals surface area (Å²) in [6, 6.07) is 0. The molecule has 0 bridgehead atoms. The van der Waals surface area contributed by atoms with Crippen LogP contribution in [-0.4, -0.2) is 83.7 Å². The van der Waals surface area contributed by atoms with Crippen LogP contribution in [0.5, 0.6) is 0 Å². The van der Waals surface area contributed by atoms with Gasteiger partial charge in [0.25, 0.3) is 5.97 Å². The van der Waals surface area contributed by atoms with Crippen LogP contribution < -0.4 is 0 Å². The Morgan fingerprint density at radius 3 is 1.36 bits per heavy atom. The monoisotopic (exact) mass is 230 g/mol. The zero-order valence-corrected chi connectivity index (χ0v) is 8.21. The van der Waals surface area contributed by atoms with Gasteiger partial charge >= 0.3 is 48.1 Å². The Bertz CT molecular complexity index is 171. The first kappa shape index (κ1) is 22.7. The van der Waals surface area contributed by atoms with Gasteiger partial charge in [-0.15, -0.1) is 0 Å². The van der Waals surface area contributed by atoms with E-state index in [1.807, 2.05) is 0 Å². The Labute approximate surface area is 108 Å². The van der Waals surface area contributed by atoms with Gasteiger partial charge in [-0.25, -0.2) is 0 Å². The van der Waals surface area contributed by atoms with Crippen LogP contribution in [-0.2, 0) is 15.2 Å². The molecule has 0 aromatic rings. The van der Waals surface area contributed by atoms with Crippen molar-refractivity contribution in [1.82, 2.24) is 0 Å². The molecule has 11 heavy (non-hydrogen) atoms. The molecule has 0 aliphatic heterocycles. The van der Waals surface area contributed by atoms with Crippen LogP contribution in [0, 0.1) is 0 Å². The van der Waals surface area contributed by atoms with E-state index in [2.05, 4.69) is 0 Å². The summed E-state index contributed by atoms with van der Waals surface area (Å²) >= 11 is 0. The summed E-state index contributed by atoms with van der Waals surface area (Å²) in [4.78, 5) is 9.00. The molecule has 0 aliphatic rings. The summed E-state index contributed by atoms with van der Waals surface area (Å²) in [5.41, 5.74) is 0. The molecular formula is C2H11AlCaO6S. The van der Waals surface area contributed by atoms with Gasteiger partial charge in [-0.05, 0) is 0 Å². The van der Waals surface area contributed by atoms with Crippen LogP contribution in [0.1, 0.15) is 9.78 Å². The van der Waals surface area contributed by atoms with Crippen molar-refractivity contribution < 1.29 is 30.3 Å². The molecule has 3 N–H and O–H groups in total. The van der Waals surface area contributed by atoms with Crippen molar-refractivity contribution in [2.75, 3.05) is 0 Å². The number of carboxylic acid groups (broad SMARTS) is 1. The standard InChI is InChI=1S/C2H4O2.Al.Ca.H2O4S.5H/c1-2(3)4;;;1-5(2,3)4;;;;;/h1H3,(H,3,4);;;(H2,1,2,3,4);;;;;/q;;+2;;;;;2*-1. The van der Waals surface area contributed by atoms with E-state index in [0.29, 0.717) is 0 Å². The van der Waals surface area contributed by atoms with Crippen LogP contribution in [0.25, 0.3) is 0 Å². The first-order valence-corrected chi connectivity index (χ1v) is 3.02. The number of aliphatic carboxylic acids is 1. The van der Waals surface area contributed by atoms with E-state index >= 15 is 0 Å².